The van der Waals surface area contributed by atoms with E-state index in [-0.39, 0.29) is 11.9 Å². The highest BCUT2D eigenvalue weighted by molar-refractivity contribution is 5.95. The van der Waals surface area contributed by atoms with Crippen LogP contribution in [0.2, 0.25) is 0 Å². The van der Waals surface area contributed by atoms with Gasteiger partial charge in [-0.05, 0) is 57.0 Å². The van der Waals surface area contributed by atoms with E-state index in [2.05, 4.69) is 29.2 Å². The summed E-state index contributed by atoms with van der Waals surface area (Å²) in [6.45, 7) is 6.83. The molecular weight excluding hydrogens is 352 g/mol. The highest BCUT2D eigenvalue weighted by atomic mass is 16.5. The molecule has 1 amide bonds. The van der Waals surface area contributed by atoms with Gasteiger partial charge < -0.3 is 19.3 Å². The molecule has 1 fully saturated rings. The number of benzene rings is 2. The van der Waals surface area contributed by atoms with Crippen molar-refractivity contribution in [3.63, 3.8) is 0 Å². The summed E-state index contributed by atoms with van der Waals surface area (Å²) >= 11 is 0. The summed E-state index contributed by atoms with van der Waals surface area (Å²) < 4.78 is 11.3. The van der Waals surface area contributed by atoms with Gasteiger partial charge in [0, 0.05) is 37.4 Å². The summed E-state index contributed by atoms with van der Waals surface area (Å²) in [6, 6.07) is 16.0. The first-order valence-electron chi connectivity index (χ1n) is 10.1. The Kier molecular flexibility index (Phi) is 6.80. The number of amides is 1. The lowest BCUT2D eigenvalue weighted by Gasteiger charge is -2.39. The number of likely N-dealkylation sites (N-methyl/N-ethyl adjacent to an activating group) is 1. The molecule has 28 heavy (non-hydrogen) atoms. The molecule has 0 radical (unpaired) electrons. The number of anilines is 1. The third-order valence-electron chi connectivity index (χ3n) is 5.18. The predicted octanol–water partition coefficient (Wildman–Crippen LogP) is 4.23. The number of piperidine rings is 1. The monoisotopic (exact) mass is 382 g/mol. The van der Waals surface area contributed by atoms with Crippen molar-refractivity contribution in [3.8, 4) is 11.5 Å². The first-order chi connectivity index (χ1) is 13.6. The van der Waals surface area contributed by atoms with Gasteiger partial charge in [-0.25, -0.2) is 0 Å². The molecule has 1 heterocycles. The molecule has 0 N–H and O–H groups in total. The molecule has 5 nitrogen and oxygen atoms in total. The van der Waals surface area contributed by atoms with Crippen LogP contribution in [0.4, 0.5) is 5.69 Å². The van der Waals surface area contributed by atoms with Crippen LogP contribution < -0.4 is 14.4 Å². The van der Waals surface area contributed by atoms with Crippen molar-refractivity contribution in [2.75, 3.05) is 38.3 Å². The van der Waals surface area contributed by atoms with Crippen LogP contribution >= 0.6 is 0 Å². The van der Waals surface area contributed by atoms with Crippen molar-refractivity contribution >= 4 is 11.6 Å². The number of carbonyl (C=O) groups is 1. The number of nitrogens with zero attached hydrogens (tertiary/aromatic N) is 2. The van der Waals surface area contributed by atoms with Crippen molar-refractivity contribution < 1.29 is 14.3 Å². The Morgan fingerprint density at radius 3 is 2.50 bits per heavy atom. The van der Waals surface area contributed by atoms with E-state index in [1.165, 1.54) is 5.69 Å². The molecule has 2 aromatic rings. The second-order valence-electron chi connectivity index (χ2n) is 7.02. The van der Waals surface area contributed by atoms with Crippen LogP contribution in [0.15, 0.2) is 48.5 Å². The van der Waals surface area contributed by atoms with E-state index < -0.39 is 0 Å². The smallest absolute Gasteiger partial charge is 0.254 e. The van der Waals surface area contributed by atoms with E-state index >= 15 is 0 Å². The van der Waals surface area contributed by atoms with Gasteiger partial charge in [-0.1, -0.05) is 18.2 Å². The lowest BCUT2D eigenvalue weighted by atomic mass is 10.0. The highest BCUT2D eigenvalue weighted by Crippen LogP contribution is 2.30. The zero-order valence-corrected chi connectivity index (χ0v) is 17.1. The Bertz CT molecular complexity index is 779. The average Bonchev–Trinajstić information content (AvgIpc) is 2.75. The summed E-state index contributed by atoms with van der Waals surface area (Å²) in [6.07, 6.45) is 2.09. The summed E-state index contributed by atoms with van der Waals surface area (Å²) in [5.74, 6) is 1.32. The lowest BCUT2D eigenvalue weighted by Crippen LogP contribution is -2.48. The van der Waals surface area contributed by atoms with E-state index in [1.54, 1.807) is 6.07 Å². The Labute approximate surface area is 167 Å². The Hall–Kier alpha value is -2.69. The van der Waals surface area contributed by atoms with Gasteiger partial charge in [0.05, 0.1) is 13.2 Å². The van der Waals surface area contributed by atoms with E-state index in [0.717, 1.165) is 25.9 Å². The maximum atomic E-state index is 13.1. The minimum atomic E-state index is 0.0175. The second-order valence-corrected chi connectivity index (χ2v) is 7.02. The van der Waals surface area contributed by atoms with Crippen molar-refractivity contribution in [2.45, 2.75) is 32.7 Å². The maximum absolute atomic E-state index is 13.1. The third kappa shape index (κ3) is 4.58. The summed E-state index contributed by atoms with van der Waals surface area (Å²) in [5, 5.41) is 0. The van der Waals surface area contributed by atoms with Crippen molar-refractivity contribution in [1.29, 1.82) is 0 Å². The van der Waals surface area contributed by atoms with E-state index in [9.17, 15) is 4.79 Å². The van der Waals surface area contributed by atoms with Crippen molar-refractivity contribution in [2.24, 2.45) is 0 Å². The average molecular weight is 383 g/mol. The van der Waals surface area contributed by atoms with Gasteiger partial charge in [0.2, 0.25) is 0 Å². The molecule has 1 saturated heterocycles. The van der Waals surface area contributed by atoms with E-state index in [0.29, 0.717) is 30.3 Å². The van der Waals surface area contributed by atoms with Crippen LogP contribution in [0.1, 0.15) is 37.0 Å². The van der Waals surface area contributed by atoms with Gasteiger partial charge >= 0.3 is 0 Å². The van der Waals surface area contributed by atoms with Crippen LogP contribution in [-0.2, 0) is 0 Å². The quantitative estimate of drug-likeness (QED) is 0.719. The second kappa shape index (κ2) is 9.49. The zero-order chi connectivity index (χ0) is 19.9. The van der Waals surface area contributed by atoms with Gasteiger partial charge in [-0.2, -0.15) is 0 Å². The molecule has 0 bridgehead atoms. The fourth-order valence-electron chi connectivity index (χ4n) is 3.70. The SMILES string of the molecule is CCOc1ccc(C(=O)N(C)C2CCCN(c3ccccc3)C2)cc1OCC. The Balaban J connectivity index is 1.73. The van der Waals surface area contributed by atoms with Crippen LogP contribution in [0, 0.1) is 0 Å². The summed E-state index contributed by atoms with van der Waals surface area (Å²) in [4.78, 5) is 17.4. The molecule has 1 unspecified atom stereocenters. The number of rotatable bonds is 7. The fraction of sp³-hybridized carbons (Fsp3) is 0.435. The summed E-state index contributed by atoms with van der Waals surface area (Å²) in [7, 11) is 1.90. The number of ether oxygens (including phenoxy) is 2. The Morgan fingerprint density at radius 2 is 1.79 bits per heavy atom. The molecule has 1 aliphatic rings. The first kappa shape index (κ1) is 20.1. The van der Waals surface area contributed by atoms with Gasteiger partial charge in [0.1, 0.15) is 0 Å². The predicted molar refractivity (Wildman–Crippen MR) is 113 cm³/mol. The molecule has 3 rings (SSSR count). The number of para-hydroxylation sites is 1. The topological polar surface area (TPSA) is 42.0 Å². The molecule has 0 spiro atoms. The first-order valence-corrected chi connectivity index (χ1v) is 10.1. The molecule has 5 heteroatoms. The molecule has 0 aromatic heterocycles. The normalized spacial score (nSPS) is 16.5. The standard InChI is InChI=1S/C23H30N2O3/c1-4-27-21-14-13-18(16-22(21)28-5-2)23(26)24(3)20-12-9-15-25(17-20)19-10-7-6-8-11-19/h6-8,10-11,13-14,16,20H,4-5,9,12,15,17H2,1-3H3. The highest BCUT2D eigenvalue weighted by Gasteiger charge is 2.27. The molecular formula is C23H30N2O3. The minimum absolute atomic E-state index is 0.0175. The van der Waals surface area contributed by atoms with Crippen LogP contribution in [0.5, 0.6) is 11.5 Å². The summed E-state index contributed by atoms with van der Waals surface area (Å²) in [5.41, 5.74) is 1.85. The van der Waals surface area contributed by atoms with E-state index in [4.69, 9.17) is 9.47 Å². The molecule has 150 valence electrons. The molecule has 0 aliphatic carbocycles. The minimum Gasteiger partial charge on any atom is -0.490 e. The molecule has 1 atom stereocenters. The van der Waals surface area contributed by atoms with E-state index in [1.807, 2.05) is 44.0 Å². The number of hydrogen-bond acceptors (Lipinski definition) is 4. The fourth-order valence-corrected chi connectivity index (χ4v) is 3.70. The van der Waals surface area contributed by atoms with Gasteiger partial charge in [-0.15, -0.1) is 0 Å². The van der Waals surface area contributed by atoms with Crippen molar-refractivity contribution in [3.05, 3.63) is 54.1 Å². The Morgan fingerprint density at radius 1 is 1.07 bits per heavy atom. The van der Waals surface area contributed by atoms with Gasteiger partial charge in [-0.3, -0.25) is 4.79 Å². The maximum Gasteiger partial charge on any atom is 0.254 e. The lowest BCUT2D eigenvalue weighted by molar-refractivity contribution is 0.0717. The van der Waals surface area contributed by atoms with Gasteiger partial charge in [0.25, 0.3) is 5.91 Å². The molecule has 1 aliphatic heterocycles. The van der Waals surface area contributed by atoms with Crippen LogP contribution in [-0.4, -0.2) is 50.2 Å². The largest absolute Gasteiger partial charge is 0.490 e. The number of carbonyl (C=O) groups excluding carboxylic acids is 1. The third-order valence-corrected chi connectivity index (χ3v) is 5.18. The van der Waals surface area contributed by atoms with Gasteiger partial charge in [0.15, 0.2) is 11.5 Å². The van der Waals surface area contributed by atoms with Crippen molar-refractivity contribution in [1.82, 2.24) is 4.90 Å². The number of hydrogen-bond donors (Lipinski definition) is 0. The zero-order valence-electron chi connectivity index (χ0n) is 17.1. The van der Waals surface area contributed by atoms with Crippen LogP contribution in [0.3, 0.4) is 0 Å². The molecule has 0 saturated carbocycles. The molecule has 2 aromatic carbocycles. The van der Waals surface area contributed by atoms with Crippen LogP contribution in [0.25, 0.3) is 0 Å².